The molecule has 0 saturated heterocycles. The number of ether oxygens (including phenoxy) is 2. The van der Waals surface area contributed by atoms with Gasteiger partial charge >= 0.3 is 5.97 Å². The van der Waals surface area contributed by atoms with E-state index in [2.05, 4.69) is 41.8 Å². The summed E-state index contributed by atoms with van der Waals surface area (Å²) >= 11 is 12.5. The molecule has 1 aromatic heterocycles. The lowest BCUT2D eigenvalue weighted by molar-refractivity contribution is 0.0600. The highest BCUT2D eigenvalue weighted by atomic mass is 35.5. The van der Waals surface area contributed by atoms with Gasteiger partial charge in [-0.3, -0.25) is 0 Å². The summed E-state index contributed by atoms with van der Waals surface area (Å²) in [7, 11) is 1.37. The average Bonchev–Trinajstić information content (AvgIpc) is 3.42. The number of methoxy groups -OCH3 is 1. The summed E-state index contributed by atoms with van der Waals surface area (Å²) in [5.41, 5.74) is 6.30. The fraction of sp³-hybridized carbons (Fsp3) is 0.118. The van der Waals surface area contributed by atoms with Crippen molar-refractivity contribution in [3.05, 3.63) is 130 Å². The van der Waals surface area contributed by atoms with Gasteiger partial charge < -0.3 is 14.0 Å². The molecule has 0 aliphatic carbocycles. The molecule has 0 bridgehead atoms. The zero-order chi connectivity index (χ0) is 28.8. The van der Waals surface area contributed by atoms with E-state index in [1.807, 2.05) is 60.8 Å². The highest BCUT2D eigenvalue weighted by Crippen LogP contribution is 2.30. The Bertz CT molecular complexity index is 1710. The Morgan fingerprint density at radius 2 is 1.66 bits per heavy atom. The minimum absolute atomic E-state index is 0.356. The summed E-state index contributed by atoms with van der Waals surface area (Å²) in [6.07, 6.45) is 6.08. The van der Waals surface area contributed by atoms with E-state index in [0.717, 1.165) is 51.6 Å². The minimum atomic E-state index is -0.356. The molecule has 41 heavy (non-hydrogen) atoms. The molecular formula is C34H28Cl2N2O3. The molecular weight excluding hydrogens is 555 g/mol. The number of esters is 1. The molecule has 206 valence electrons. The van der Waals surface area contributed by atoms with Crippen LogP contribution in [-0.2, 0) is 17.9 Å². The Hall–Kier alpha value is -4.32. The molecule has 0 N–H and O–H groups in total. The molecule has 0 aliphatic heterocycles. The van der Waals surface area contributed by atoms with Gasteiger partial charge in [0.2, 0.25) is 0 Å². The molecule has 0 aliphatic rings. The number of aryl methyl sites for hydroxylation is 1. The molecule has 7 heteroatoms. The van der Waals surface area contributed by atoms with Crippen LogP contribution in [0.2, 0.25) is 10.0 Å². The van der Waals surface area contributed by atoms with Crippen molar-refractivity contribution in [3.8, 4) is 28.1 Å². The van der Waals surface area contributed by atoms with Gasteiger partial charge in [0, 0.05) is 23.3 Å². The van der Waals surface area contributed by atoms with Crippen LogP contribution in [0.1, 0.15) is 34.2 Å². The second-order valence-corrected chi connectivity index (χ2v) is 10.2. The van der Waals surface area contributed by atoms with Crippen molar-refractivity contribution >= 4 is 41.3 Å². The number of imidazole rings is 1. The van der Waals surface area contributed by atoms with Gasteiger partial charge in [-0.2, -0.15) is 0 Å². The number of hydrogen-bond donors (Lipinski definition) is 0. The second-order valence-electron chi connectivity index (χ2n) is 9.36. The van der Waals surface area contributed by atoms with Crippen LogP contribution >= 0.6 is 23.2 Å². The van der Waals surface area contributed by atoms with Crippen molar-refractivity contribution in [1.82, 2.24) is 9.55 Å². The quantitative estimate of drug-likeness (QED) is 0.163. The molecule has 5 nitrogen and oxygen atoms in total. The maximum absolute atomic E-state index is 11.6. The van der Waals surface area contributed by atoms with Gasteiger partial charge in [-0.25, -0.2) is 9.78 Å². The summed E-state index contributed by atoms with van der Waals surface area (Å²) in [5.74, 6) is 1.25. The third-order valence-corrected chi connectivity index (χ3v) is 7.16. The molecule has 0 spiro atoms. The molecule has 0 atom stereocenters. The van der Waals surface area contributed by atoms with Gasteiger partial charge in [-0.05, 0) is 83.8 Å². The molecule has 5 rings (SSSR count). The number of aromatic nitrogens is 2. The van der Waals surface area contributed by atoms with E-state index in [-0.39, 0.29) is 5.97 Å². The van der Waals surface area contributed by atoms with E-state index in [4.69, 9.17) is 37.7 Å². The van der Waals surface area contributed by atoms with Gasteiger partial charge in [0.05, 0.1) is 23.4 Å². The van der Waals surface area contributed by atoms with Crippen LogP contribution in [0.4, 0.5) is 0 Å². The molecule has 5 aromatic rings. The fourth-order valence-electron chi connectivity index (χ4n) is 4.42. The Balaban J connectivity index is 1.30. The largest absolute Gasteiger partial charge is 0.489 e. The van der Waals surface area contributed by atoms with Crippen molar-refractivity contribution in [2.45, 2.75) is 20.1 Å². The predicted molar refractivity (Wildman–Crippen MR) is 166 cm³/mol. The summed E-state index contributed by atoms with van der Waals surface area (Å²) in [6, 6.07) is 29.0. The van der Waals surface area contributed by atoms with E-state index in [9.17, 15) is 4.79 Å². The third kappa shape index (κ3) is 6.88. The van der Waals surface area contributed by atoms with E-state index in [0.29, 0.717) is 22.2 Å². The predicted octanol–water partition coefficient (Wildman–Crippen LogP) is 9.08. The van der Waals surface area contributed by atoms with Crippen LogP contribution in [0.3, 0.4) is 0 Å². The third-order valence-electron chi connectivity index (χ3n) is 6.61. The molecule has 0 unspecified atom stereocenters. The molecule has 4 aromatic carbocycles. The number of nitrogens with zero attached hydrogens (tertiary/aromatic N) is 2. The van der Waals surface area contributed by atoms with Crippen molar-refractivity contribution in [2.24, 2.45) is 0 Å². The first-order chi connectivity index (χ1) is 19.9. The maximum atomic E-state index is 11.6. The van der Waals surface area contributed by atoms with Crippen molar-refractivity contribution in [2.75, 3.05) is 7.11 Å². The number of carbonyl (C=O) groups is 1. The molecule has 0 amide bonds. The maximum Gasteiger partial charge on any atom is 0.337 e. The number of carbonyl (C=O) groups excluding carboxylic acids is 1. The van der Waals surface area contributed by atoms with E-state index >= 15 is 0 Å². The molecule has 0 radical (unpaired) electrons. The van der Waals surface area contributed by atoms with Crippen LogP contribution in [0.15, 0.2) is 97.2 Å². The Kier molecular flexibility index (Phi) is 8.88. The SMILES string of the molecule is CCn1cc(-c2ccc(Cl)cc2Cl)nc1/C=C/c1cccc(-c2cccc(OCc3ccc(C(=O)OC)cc3)c2)c1. The van der Waals surface area contributed by atoms with Gasteiger partial charge in [0.1, 0.15) is 18.2 Å². The van der Waals surface area contributed by atoms with E-state index in [1.165, 1.54) is 7.11 Å². The first-order valence-electron chi connectivity index (χ1n) is 13.1. The summed E-state index contributed by atoms with van der Waals surface area (Å²) < 4.78 is 12.9. The lowest BCUT2D eigenvalue weighted by Gasteiger charge is -2.09. The Labute approximate surface area is 249 Å². The first-order valence-corrected chi connectivity index (χ1v) is 13.9. The topological polar surface area (TPSA) is 53.4 Å². The molecule has 0 fully saturated rings. The standard InChI is InChI=1S/C34H28Cl2N2O3/c1-3-38-21-32(30-16-15-28(35)20-31(30)36)37-33(38)17-12-23-6-4-7-26(18-23)27-8-5-9-29(19-27)41-22-24-10-13-25(14-11-24)34(39)40-2/h4-21H,3,22H2,1-2H3/b17-12+. The number of rotatable bonds is 9. The van der Waals surface area contributed by atoms with Crippen molar-refractivity contribution in [1.29, 1.82) is 0 Å². The van der Waals surface area contributed by atoms with E-state index in [1.54, 1.807) is 18.2 Å². The van der Waals surface area contributed by atoms with Crippen LogP contribution < -0.4 is 4.74 Å². The number of hydrogen-bond acceptors (Lipinski definition) is 4. The van der Waals surface area contributed by atoms with Crippen molar-refractivity contribution < 1.29 is 14.3 Å². The Morgan fingerprint density at radius 1 is 0.902 bits per heavy atom. The van der Waals surface area contributed by atoms with Gasteiger partial charge in [0.15, 0.2) is 0 Å². The van der Waals surface area contributed by atoms with Crippen LogP contribution in [0.5, 0.6) is 5.75 Å². The fourth-order valence-corrected chi connectivity index (χ4v) is 4.93. The summed E-state index contributed by atoms with van der Waals surface area (Å²) in [4.78, 5) is 16.5. The van der Waals surface area contributed by atoms with Crippen LogP contribution in [0.25, 0.3) is 34.5 Å². The number of benzene rings is 4. The highest BCUT2D eigenvalue weighted by Gasteiger charge is 2.11. The van der Waals surface area contributed by atoms with Crippen LogP contribution in [-0.4, -0.2) is 22.6 Å². The average molecular weight is 584 g/mol. The van der Waals surface area contributed by atoms with Gasteiger partial charge in [-0.1, -0.05) is 71.7 Å². The normalized spacial score (nSPS) is 11.1. The smallest absolute Gasteiger partial charge is 0.337 e. The molecule has 1 heterocycles. The lowest BCUT2D eigenvalue weighted by Crippen LogP contribution is -2.02. The zero-order valence-corrected chi connectivity index (χ0v) is 24.2. The second kappa shape index (κ2) is 12.9. The van der Waals surface area contributed by atoms with Gasteiger partial charge in [0.25, 0.3) is 0 Å². The van der Waals surface area contributed by atoms with E-state index < -0.39 is 0 Å². The monoisotopic (exact) mass is 582 g/mol. The van der Waals surface area contributed by atoms with Crippen LogP contribution in [0, 0.1) is 0 Å². The molecule has 0 saturated carbocycles. The summed E-state index contributed by atoms with van der Waals surface area (Å²) in [6.45, 7) is 3.25. The number of halogens is 2. The van der Waals surface area contributed by atoms with Crippen molar-refractivity contribution in [3.63, 3.8) is 0 Å². The minimum Gasteiger partial charge on any atom is -0.489 e. The highest BCUT2D eigenvalue weighted by molar-refractivity contribution is 6.36. The first kappa shape index (κ1) is 28.2. The zero-order valence-electron chi connectivity index (χ0n) is 22.7. The lowest BCUT2D eigenvalue weighted by atomic mass is 10.0. The Morgan fingerprint density at radius 3 is 2.39 bits per heavy atom. The van der Waals surface area contributed by atoms with Gasteiger partial charge in [-0.15, -0.1) is 0 Å². The summed E-state index contributed by atoms with van der Waals surface area (Å²) in [5, 5.41) is 1.17.